The van der Waals surface area contributed by atoms with Crippen molar-refractivity contribution in [1.82, 2.24) is 9.97 Å². The molecule has 1 amide bonds. The first-order valence-electron chi connectivity index (χ1n) is 12.6. The molecule has 1 aromatic heterocycles. The maximum Gasteiger partial charge on any atom is 0.416 e. The number of carbonyl (C=O) groups is 1. The summed E-state index contributed by atoms with van der Waals surface area (Å²) in [6.45, 7) is 3.56. The summed E-state index contributed by atoms with van der Waals surface area (Å²) in [5, 5.41) is 0. The summed E-state index contributed by atoms with van der Waals surface area (Å²) in [5.74, 6) is 0.852. The lowest BCUT2D eigenvalue weighted by molar-refractivity contribution is -0.137. The van der Waals surface area contributed by atoms with Gasteiger partial charge >= 0.3 is 12.3 Å². The van der Waals surface area contributed by atoms with Crippen LogP contribution in [0.2, 0.25) is 0 Å². The lowest BCUT2D eigenvalue weighted by Crippen LogP contribution is -2.61. The Hall–Kier alpha value is -3.13. The van der Waals surface area contributed by atoms with Crippen molar-refractivity contribution in [1.29, 1.82) is 0 Å². The van der Waals surface area contributed by atoms with Crippen LogP contribution in [-0.4, -0.2) is 42.6 Å². The van der Waals surface area contributed by atoms with Crippen molar-refractivity contribution < 1.29 is 32.2 Å². The van der Waals surface area contributed by atoms with Gasteiger partial charge in [-0.05, 0) is 83.8 Å². The smallest absolute Gasteiger partial charge is 0.416 e. The quantitative estimate of drug-likeness (QED) is 0.296. The van der Waals surface area contributed by atoms with Crippen molar-refractivity contribution in [3.05, 3.63) is 74.4 Å². The minimum absolute atomic E-state index is 0.0905. The van der Waals surface area contributed by atoms with E-state index in [0.717, 1.165) is 21.3 Å². The molecule has 0 saturated carbocycles. The van der Waals surface area contributed by atoms with Crippen LogP contribution in [0.4, 0.5) is 23.7 Å². The van der Waals surface area contributed by atoms with Crippen molar-refractivity contribution in [2.75, 3.05) is 25.7 Å². The second-order valence-electron chi connectivity index (χ2n) is 9.44. The van der Waals surface area contributed by atoms with Crippen LogP contribution in [-0.2, 0) is 17.3 Å². The maximum absolute atomic E-state index is 13.8. The van der Waals surface area contributed by atoms with Crippen molar-refractivity contribution in [2.24, 2.45) is 5.73 Å². The maximum atomic E-state index is 13.8. The molecule has 40 heavy (non-hydrogen) atoms. The first kappa shape index (κ1) is 29.8. The van der Waals surface area contributed by atoms with E-state index < -0.39 is 29.4 Å². The Morgan fingerprint density at radius 1 is 1.15 bits per heavy atom. The molecule has 1 aliphatic heterocycles. The van der Waals surface area contributed by atoms with E-state index in [0.29, 0.717) is 35.9 Å². The molecule has 214 valence electrons. The fourth-order valence-electron chi connectivity index (χ4n) is 4.88. The second kappa shape index (κ2) is 11.8. The van der Waals surface area contributed by atoms with E-state index in [2.05, 4.69) is 27.6 Å². The highest BCUT2D eigenvalue weighted by atomic mass is 127. The molecule has 12 heteroatoms. The zero-order valence-corrected chi connectivity index (χ0v) is 24.7. The van der Waals surface area contributed by atoms with Gasteiger partial charge in [-0.3, -0.25) is 4.90 Å². The molecule has 2 aromatic carbocycles. The zero-order chi connectivity index (χ0) is 29.2. The highest BCUT2D eigenvalue weighted by Crippen LogP contribution is 2.47. The van der Waals surface area contributed by atoms with Gasteiger partial charge in [-0.15, -0.1) is 0 Å². The van der Waals surface area contributed by atoms with E-state index in [1.807, 2.05) is 19.1 Å². The van der Waals surface area contributed by atoms with E-state index in [9.17, 15) is 18.0 Å². The number of methoxy groups -OCH3 is 2. The number of ether oxygens (including phenoxy) is 3. The molecule has 0 saturated heterocycles. The van der Waals surface area contributed by atoms with Crippen LogP contribution in [0.5, 0.6) is 11.5 Å². The summed E-state index contributed by atoms with van der Waals surface area (Å²) in [6, 6.07) is 8.76. The van der Waals surface area contributed by atoms with Crippen LogP contribution < -0.4 is 20.1 Å². The molecule has 8 nitrogen and oxygen atoms in total. The van der Waals surface area contributed by atoms with E-state index in [-0.39, 0.29) is 24.3 Å². The Morgan fingerprint density at radius 3 is 2.40 bits per heavy atom. The third kappa shape index (κ3) is 5.97. The van der Waals surface area contributed by atoms with Crippen molar-refractivity contribution in [3.63, 3.8) is 0 Å². The molecule has 2 N–H and O–H groups in total. The Labute approximate surface area is 244 Å². The number of fused-ring (bicyclic) bond motifs is 1. The van der Waals surface area contributed by atoms with E-state index >= 15 is 0 Å². The summed E-state index contributed by atoms with van der Waals surface area (Å²) in [4.78, 5) is 23.6. The minimum Gasteiger partial charge on any atom is -0.497 e. The number of anilines is 1. The number of hydrogen-bond acceptors (Lipinski definition) is 7. The Bertz CT molecular complexity index is 1380. The SMILES string of the molecule is CCOC(=O)N1c2ccc(C(F)(F)F)cc2[C@@H](c2ncc(I)c(Cc3cc(OC)cc(OC)c3)n2)C[C@@]1(N)CC. The number of aromatic nitrogens is 2. The molecule has 0 bridgehead atoms. The van der Waals surface area contributed by atoms with Gasteiger partial charge in [0, 0.05) is 24.6 Å². The topological polar surface area (TPSA) is 99.8 Å². The molecule has 0 unspecified atom stereocenters. The van der Waals surface area contributed by atoms with Crippen LogP contribution in [0.25, 0.3) is 0 Å². The highest BCUT2D eigenvalue weighted by Gasteiger charge is 2.47. The largest absolute Gasteiger partial charge is 0.497 e. The van der Waals surface area contributed by atoms with Crippen molar-refractivity contribution >= 4 is 34.4 Å². The van der Waals surface area contributed by atoms with Gasteiger partial charge in [0.05, 0.1) is 41.3 Å². The van der Waals surface area contributed by atoms with Gasteiger partial charge in [0.25, 0.3) is 0 Å². The van der Waals surface area contributed by atoms with Crippen LogP contribution in [0.1, 0.15) is 60.8 Å². The van der Waals surface area contributed by atoms with Crippen LogP contribution in [0.15, 0.2) is 42.6 Å². The number of halogens is 4. The average molecular weight is 670 g/mol. The van der Waals surface area contributed by atoms with E-state index in [4.69, 9.17) is 24.9 Å². The lowest BCUT2D eigenvalue weighted by Gasteiger charge is -2.46. The number of alkyl halides is 3. The number of amides is 1. The normalized spacial score (nSPS) is 18.7. The zero-order valence-electron chi connectivity index (χ0n) is 22.5. The van der Waals surface area contributed by atoms with Gasteiger partial charge in [0.15, 0.2) is 0 Å². The van der Waals surface area contributed by atoms with Crippen molar-refractivity contribution in [2.45, 2.75) is 50.9 Å². The molecule has 0 spiro atoms. The molecular formula is C28H30F3IN4O4. The van der Waals surface area contributed by atoms with Gasteiger partial charge in [-0.2, -0.15) is 13.2 Å². The van der Waals surface area contributed by atoms with Crippen LogP contribution in [0, 0.1) is 3.57 Å². The molecule has 2 atom stereocenters. The van der Waals surface area contributed by atoms with Crippen LogP contribution >= 0.6 is 22.6 Å². The fourth-order valence-corrected chi connectivity index (χ4v) is 5.33. The number of nitrogens with two attached hydrogens (primary N) is 1. The summed E-state index contributed by atoms with van der Waals surface area (Å²) in [5.41, 5.74) is 6.75. The van der Waals surface area contributed by atoms with Crippen molar-refractivity contribution in [3.8, 4) is 11.5 Å². The molecule has 4 rings (SSSR count). The first-order valence-corrected chi connectivity index (χ1v) is 13.7. The number of nitrogens with zero attached hydrogens (tertiary/aromatic N) is 3. The summed E-state index contributed by atoms with van der Waals surface area (Å²) < 4.78 is 58.1. The number of rotatable bonds is 7. The lowest BCUT2D eigenvalue weighted by atomic mass is 9.80. The molecule has 2 heterocycles. The Balaban J connectivity index is 1.85. The summed E-state index contributed by atoms with van der Waals surface area (Å²) in [6.07, 6.45) is -2.83. The predicted octanol–water partition coefficient (Wildman–Crippen LogP) is 6.27. The summed E-state index contributed by atoms with van der Waals surface area (Å²) in [7, 11) is 3.13. The average Bonchev–Trinajstić information content (AvgIpc) is 2.92. The monoisotopic (exact) mass is 670 g/mol. The highest BCUT2D eigenvalue weighted by molar-refractivity contribution is 14.1. The number of carbonyl (C=O) groups excluding carboxylic acids is 1. The molecule has 0 aliphatic carbocycles. The van der Waals surface area contributed by atoms with E-state index in [1.165, 1.54) is 11.0 Å². The second-order valence-corrected chi connectivity index (χ2v) is 10.6. The molecule has 3 aromatic rings. The molecular weight excluding hydrogens is 640 g/mol. The number of benzene rings is 2. The summed E-state index contributed by atoms with van der Waals surface area (Å²) >= 11 is 2.13. The van der Waals surface area contributed by atoms with Gasteiger partial charge in [-0.25, -0.2) is 14.8 Å². The van der Waals surface area contributed by atoms with E-state index in [1.54, 1.807) is 33.4 Å². The van der Waals surface area contributed by atoms with Gasteiger partial charge in [-0.1, -0.05) is 6.92 Å². The van der Waals surface area contributed by atoms with Gasteiger partial charge in [0.2, 0.25) is 0 Å². The Morgan fingerprint density at radius 2 is 1.82 bits per heavy atom. The van der Waals surface area contributed by atoms with Crippen LogP contribution in [0.3, 0.4) is 0 Å². The third-order valence-electron chi connectivity index (χ3n) is 6.97. The third-order valence-corrected chi connectivity index (χ3v) is 7.87. The fraction of sp³-hybridized carbons (Fsp3) is 0.393. The molecule has 1 aliphatic rings. The first-order chi connectivity index (χ1) is 18.9. The Kier molecular flexibility index (Phi) is 8.78. The standard InChI is InChI=1S/C28H30F3IN4O4/c1-5-27(33)14-21(20-12-17(28(29,30)31)7-8-24(20)36(27)26(37)40-6-2)25-34-15-22(32)23(35-25)11-16-9-18(38-3)13-19(10-16)39-4/h7-10,12-13,15,21H,5-6,11,14,33H2,1-4H3/t21-,27+/m0/s1. The molecule has 0 fully saturated rings. The number of hydrogen-bond donors (Lipinski definition) is 1. The van der Waals surface area contributed by atoms with Gasteiger partial charge in [0.1, 0.15) is 23.0 Å². The van der Waals surface area contributed by atoms with Gasteiger partial charge < -0.3 is 19.9 Å². The predicted molar refractivity (Wildman–Crippen MR) is 152 cm³/mol. The molecule has 0 radical (unpaired) electrons. The minimum atomic E-state index is -4.58.